The number of hydrogen-bond donors (Lipinski definition) is 1. The molecule has 26 heavy (non-hydrogen) atoms. The van der Waals surface area contributed by atoms with Crippen LogP contribution in [0.25, 0.3) is 0 Å². The zero-order chi connectivity index (χ0) is 19.2. The number of carbonyl (C=O) groups is 1. The minimum Gasteiger partial charge on any atom is -0.352 e. The molecule has 2 heteroatoms. The standard InChI is InChI=1S/C24H41NO/c1-5-9-10-11-12-13-18-25-24(26)22-17-16-21(15-7-3)23(19-22)20(8-4)14-6-2/h16-17,19-20H,5-15,18H2,1-4H3,(H,25,26). The predicted octanol–water partition coefficient (Wildman–Crippen LogP) is 7.02. The van der Waals surface area contributed by atoms with Crippen molar-refractivity contribution in [3.8, 4) is 0 Å². The van der Waals surface area contributed by atoms with Crippen LogP contribution in [-0.2, 0) is 6.42 Å². The molecule has 2 nitrogen and oxygen atoms in total. The molecular weight excluding hydrogens is 318 g/mol. The van der Waals surface area contributed by atoms with E-state index in [1.54, 1.807) is 0 Å². The average molecular weight is 360 g/mol. The molecule has 1 unspecified atom stereocenters. The van der Waals surface area contributed by atoms with Gasteiger partial charge >= 0.3 is 0 Å². The monoisotopic (exact) mass is 359 g/mol. The summed E-state index contributed by atoms with van der Waals surface area (Å²) in [6.45, 7) is 9.78. The molecule has 0 aliphatic rings. The first-order chi connectivity index (χ1) is 12.7. The highest BCUT2D eigenvalue weighted by atomic mass is 16.1. The highest BCUT2D eigenvalue weighted by molar-refractivity contribution is 5.94. The van der Waals surface area contributed by atoms with Crippen molar-refractivity contribution >= 4 is 5.91 Å². The molecule has 1 aromatic carbocycles. The Morgan fingerprint density at radius 3 is 2.31 bits per heavy atom. The third-order valence-corrected chi connectivity index (χ3v) is 5.31. The van der Waals surface area contributed by atoms with Crippen molar-refractivity contribution in [2.45, 2.75) is 104 Å². The smallest absolute Gasteiger partial charge is 0.251 e. The minimum atomic E-state index is 0.0919. The van der Waals surface area contributed by atoms with E-state index >= 15 is 0 Å². The number of unbranched alkanes of at least 4 members (excludes halogenated alkanes) is 5. The number of rotatable bonds is 14. The fourth-order valence-corrected chi connectivity index (χ4v) is 3.75. The van der Waals surface area contributed by atoms with Crippen molar-refractivity contribution in [2.24, 2.45) is 0 Å². The minimum absolute atomic E-state index is 0.0919. The lowest BCUT2D eigenvalue weighted by Gasteiger charge is -2.20. The fourth-order valence-electron chi connectivity index (χ4n) is 3.75. The number of amides is 1. The van der Waals surface area contributed by atoms with Crippen LogP contribution in [0, 0.1) is 0 Å². The van der Waals surface area contributed by atoms with Crippen LogP contribution in [0.4, 0.5) is 0 Å². The van der Waals surface area contributed by atoms with Crippen LogP contribution in [0.1, 0.15) is 119 Å². The van der Waals surface area contributed by atoms with Gasteiger partial charge in [0.2, 0.25) is 0 Å². The molecule has 0 saturated carbocycles. The van der Waals surface area contributed by atoms with E-state index in [2.05, 4.69) is 45.1 Å². The predicted molar refractivity (Wildman–Crippen MR) is 114 cm³/mol. The second kappa shape index (κ2) is 13.8. The average Bonchev–Trinajstić information content (AvgIpc) is 2.66. The Hall–Kier alpha value is -1.31. The summed E-state index contributed by atoms with van der Waals surface area (Å²) in [5.74, 6) is 0.669. The lowest BCUT2D eigenvalue weighted by Crippen LogP contribution is -2.24. The molecule has 148 valence electrons. The Morgan fingerprint density at radius 2 is 1.65 bits per heavy atom. The number of nitrogens with one attached hydrogen (secondary N) is 1. The molecule has 0 saturated heterocycles. The summed E-state index contributed by atoms with van der Waals surface area (Å²) in [4.78, 5) is 12.6. The Bertz CT molecular complexity index is 509. The van der Waals surface area contributed by atoms with Crippen LogP contribution >= 0.6 is 0 Å². The first-order valence-electron chi connectivity index (χ1n) is 11.1. The van der Waals surface area contributed by atoms with Crippen molar-refractivity contribution in [1.29, 1.82) is 0 Å². The molecule has 0 aliphatic heterocycles. The molecule has 0 bridgehead atoms. The lowest BCUT2D eigenvalue weighted by atomic mass is 9.86. The van der Waals surface area contributed by atoms with Gasteiger partial charge in [0.25, 0.3) is 5.91 Å². The normalized spacial score (nSPS) is 12.2. The van der Waals surface area contributed by atoms with Gasteiger partial charge in [0.1, 0.15) is 0 Å². The summed E-state index contributed by atoms with van der Waals surface area (Å²) in [7, 11) is 0. The van der Waals surface area contributed by atoms with Gasteiger partial charge in [0.15, 0.2) is 0 Å². The van der Waals surface area contributed by atoms with Gasteiger partial charge in [-0.25, -0.2) is 0 Å². The molecule has 0 aliphatic carbocycles. The van der Waals surface area contributed by atoms with Crippen LogP contribution in [0.3, 0.4) is 0 Å². The van der Waals surface area contributed by atoms with Crippen molar-refractivity contribution in [1.82, 2.24) is 5.32 Å². The van der Waals surface area contributed by atoms with E-state index in [0.29, 0.717) is 5.92 Å². The van der Waals surface area contributed by atoms with E-state index in [4.69, 9.17) is 0 Å². The van der Waals surface area contributed by atoms with E-state index in [9.17, 15) is 4.79 Å². The largest absolute Gasteiger partial charge is 0.352 e. The molecular formula is C24H41NO. The topological polar surface area (TPSA) is 29.1 Å². The second-order valence-corrected chi connectivity index (χ2v) is 7.58. The number of hydrogen-bond acceptors (Lipinski definition) is 1. The first kappa shape index (κ1) is 22.7. The van der Waals surface area contributed by atoms with Gasteiger partial charge in [0.05, 0.1) is 0 Å². The summed E-state index contributed by atoms with van der Waals surface area (Å²) in [6.07, 6.45) is 13.3. The molecule has 0 fully saturated rings. The van der Waals surface area contributed by atoms with Gasteiger partial charge in [-0.1, -0.05) is 78.7 Å². The quantitative estimate of drug-likeness (QED) is 0.355. The van der Waals surface area contributed by atoms with Gasteiger partial charge in [-0.2, -0.15) is 0 Å². The van der Waals surface area contributed by atoms with Crippen molar-refractivity contribution < 1.29 is 4.79 Å². The molecule has 1 rings (SSSR count). The van der Waals surface area contributed by atoms with Crippen molar-refractivity contribution in [2.75, 3.05) is 6.54 Å². The fraction of sp³-hybridized carbons (Fsp3) is 0.708. The Kier molecular flexibility index (Phi) is 12.1. The van der Waals surface area contributed by atoms with Crippen molar-refractivity contribution in [3.05, 3.63) is 34.9 Å². The van der Waals surface area contributed by atoms with Gasteiger partial charge in [0, 0.05) is 12.1 Å². The molecule has 0 heterocycles. The van der Waals surface area contributed by atoms with Gasteiger partial charge in [-0.15, -0.1) is 0 Å². The first-order valence-corrected chi connectivity index (χ1v) is 11.1. The van der Waals surface area contributed by atoms with Crippen LogP contribution in [-0.4, -0.2) is 12.5 Å². The Balaban J connectivity index is 2.66. The van der Waals surface area contributed by atoms with Crippen molar-refractivity contribution in [3.63, 3.8) is 0 Å². The highest BCUT2D eigenvalue weighted by Gasteiger charge is 2.15. The van der Waals surface area contributed by atoms with Crippen LogP contribution in [0.2, 0.25) is 0 Å². The maximum absolute atomic E-state index is 12.6. The zero-order valence-corrected chi connectivity index (χ0v) is 17.7. The zero-order valence-electron chi connectivity index (χ0n) is 17.7. The van der Waals surface area contributed by atoms with E-state index < -0.39 is 0 Å². The van der Waals surface area contributed by atoms with E-state index in [0.717, 1.165) is 37.8 Å². The molecule has 1 atom stereocenters. The van der Waals surface area contributed by atoms with Crippen LogP contribution in [0.15, 0.2) is 18.2 Å². The third-order valence-electron chi connectivity index (χ3n) is 5.31. The summed E-state index contributed by atoms with van der Waals surface area (Å²) in [5, 5.41) is 3.12. The highest BCUT2D eigenvalue weighted by Crippen LogP contribution is 2.29. The lowest BCUT2D eigenvalue weighted by molar-refractivity contribution is 0.0953. The Morgan fingerprint density at radius 1 is 0.923 bits per heavy atom. The molecule has 1 amide bonds. The summed E-state index contributed by atoms with van der Waals surface area (Å²) >= 11 is 0. The SMILES string of the molecule is CCCCCCCCNC(=O)c1ccc(CCC)c(C(CC)CCC)c1. The van der Waals surface area contributed by atoms with E-state index in [1.165, 1.54) is 56.1 Å². The summed E-state index contributed by atoms with van der Waals surface area (Å²) < 4.78 is 0. The number of carbonyl (C=O) groups excluding carboxylic acids is 1. The molecule has 0 radical (unpaired) electrons. The molecule has 0 aromatic heterocycles. The van der Waals surface area contributed by atoms with Gasteiger partial charge < -0.3 is 5.32 Å². The maximum Gasteiger partial charge on any atom is 0.251 e. The summed E-state index contributed by atoms with van der Waals surface area (Å²) in [5.41, 5.74) is 3.67. The molecule has 1 aromatic rings. The number of benzene rings is 1. The summed E-state index contributed by atoms with van der Waals surface area (Å²) in [6, 6.07) is 6.38. The van der Waals surface area contributed by atoms with Crippen LogP contribution < -0.4 is 5.32 Å². The second-order valence-electron chi connectivity index (χ2n) is 7.58. The third kappa shape index (κ3) is 7.93. The van der Waals surface area contributed by atoms with E-state index in [1.807, 2.05) is 6.07 Å². The Labute approximate surface area is 162 Å². The molecule has 1 N–H and O–H groups in total. The molecule has 0 spiro atoms. The van der Waals surface area contributed by atoms with Gasteiger partial charge in [-0.3, -0.25) is 4.79 Å². The number of aryl methyl sites for hydroxylation is 1. The van der Waals surface area contributed by atoms with Crippen LogP contribution in [0.5, 0.6) is 0 Å². The van der Waals surface area contributed by atoms with Gasteiger partial charge in [-0.05, 0) is 54.9 Å². The van der Waals surface area contributed by atoms with E-state index in [-0.39, 0.29) is 5.91 Å². The maximum atomic E-state index is 12.6.